The van der Waals surface area contributed by atoms with Gasteiger partial charge in [-0.25, -0.2) is 4.98 Å². The van der Waals surface area contributed by atoms with Gasteiger partial charge in [0.25, 0.3) is 0 Å². The number of aromatic nitrogens is 2. The van der Waals surface area contributed by atoms with Crippen molar-refractivity contribution in [2.24, 2.45) is 0 Å². The summed E-state index contributed by atoms with van der Waals surface area (Å²) in [6.07, 6.45) is 0.337. The first-order valence-electron chi connectivity index (χ1n) is 11.6. The van der Waals surface area contributed by atoms with Gasteiger partial charge in [-0.3, -0.25) is 9.36 Å². The summed E-state index contributed by atoms with van der Waals surface area (Å²) in [5.74, 6) is 1.65. The zero-order valence-corrected chi connectivity index (χ0v) is 20.0. The number of nitrogens with zero attached hydrogens (tertiary/aromatic N) is 2. The number of ether oxygens (including phenoxy) is 2. The monoisotopic (exact) mass is 455 g/mol. The molecule has 1 aromatic heterocycles. The van der Waals surface area contributed by atoms with E-state index in [9.17, 15) is 4.79 Å². The number of carbonyl (C=O) groups is 1. The van der Waals surface area contributed by atoms with Crippen molar-refractivity contribution in [1.29, 1.82) is 0 Å². The number of esters is 1. The molecule has 0 spiro atoms. The van der Waals surface area contributed by atoms with E-state index in [-0.39, 0.29) is 11.9 Å². The molecule has 0 aliphatic carbocycles. The number of methoxy groups -OCH3 is 1. The fraction of sp³-hybridized carbons (Fsp3) is 0.286. The summed E-state index contributed by atoms with van der Waals surface area (Å²) in [4.78, 5) is 16.4. The Morgan fingerprint density at radius 3 is 2.82 bits per heavy atom. The lowest BCUT2D eigenvalue weighted by atomic mass is 9.97. The maximum absolute atomic E-state index is 11.7. The van der Waals surface area contributed by atoms with E-state index in [0.29, 0.717) is 19.6 Å². The van der Waals surface area contributed by atoms with Crippen LogP contribution in [0.5, 0.6) is 5.75 Å². The molecular weight excluding hydrogens is 426 g/mol. The van der Waals surface area contributed by atoms with Gasteiger partial charge in [-0.05, 0) is 61.7 Å². The van der Waals surface area contributed by atoms with Crippen molar-refractivity contribution in [3.63, 3.8) is 0 Å². The lowest BCUT2D eigenvalue weighted by Gasteiger charge is -2.16. The van der Waals surface area contributed by atoms with Gasteiger partial charge >= 0.3 is 5.97 Å². The zero-order chi connectivity index (χ0) is 23.8. The standard InChI is InChI=1S/C28H29N3O3/c1-17-8-11-24-26(12-17)31(19(3)30-24)25-7-5-6-20(18(25)2)15-29-22-9-10-23-21(13-28(32)33-4)16-34-27(23)14-22/h5-12,14,21,29H,13,15-16H2,1-4H3. The highest BCUT2D eigenvalue weighted by molar-refractivity contribution is 5.79. The predicted molar refractivity (Wildman–Crippen MR) is 134 cm³/mol. The number of hydrogen-bond acceptors (Lipinski definition) is 5. The fourth-order valence-corrected chi connectivity index (χ4v) is 4.75. The van der Waals surface area contributed by atoms with Gasteiger partial charge < -0.3 is 14.8 Å². The van der Waals surface area contributed by atoms with Crippen LogP contribution < -0.4 is 10.1 Å². The topological polar surface area (TPSA) is 65.4 Å². The molecule has 1 atom stereocenters. The van der Waals surface area contributed by atoms with Crippen LogP contribution in [-0.4, -0.2) is 29.2 Å². The highest BCUT2D eigenvalue weighted by Crippen LogP contribution is 2.38. The van der Waals surface area contributed by atoms with E-state index >= 15 is 0 Å². The third-order valence-electron chi connectivity index (χ3n) is 6.65. The average molecular weight is 456 g/mol. The Bertz CT molecular complexity index is 1390. The van der Waals surface area contributed by atoms with E-state index in [4.69, 9.17) is 14.5 Å². The van der Waals surface area contributed by atoms with Gasteiger partial charge in [0.15, 0.2) is 0 Å². The largest absolute Gasteiger partial charge is 0.493 e. The van der Waals surface area contributed by atoms with Gasteiger partial charge in [0, 0.05) is 29.8 Å². The lowest BCUT2D eigenvalue weighted by Crippen LogP contribution is -2.09. The summed E-state index contributed by atoms with van der Waals surface area (Å²) in [6.45, 7) is 7.52. The Hall–Kier alpha value is -3.80. The molecule has 0 radical (unpaired) electrons. The summed E-state index contributed by atoms with van der Waals surface area (Å²) >= 11 is 0. The molecule has 1 N–H and O–H groups in total. The third-order valence-corrected chi connectivity index (χ3v) is 6.65. The molecule has 6 heteroatoms. The van der Waals surface area contributed by atoms with Crippen LogP contribution in [0.1, 0.15) is 40.4 Å². The number of nitrogens with one attached hydrogen (secondary N) is 1. The molecule has 4 aromatic rings. The van der Waals surface area contributed by atoms with Crippen LogP contribution in [-0.2, 0) is 16.1 Å². The average Bonchev–Trinajstić information content (AvgIpc) is 3.37. The smallest absolute Gasteiger partial charge is 0.306 e. The number of carbonyl (C=O) groups excluding carboxylic acids is 1. The van der Waals surface area contributed by atoms with Crippen molar-refractivity contribution >= 4 is 22.7 Å². The second-order valence-corrected chi connectivity index (χ2v) is 8.94. The van der Waals surface area contributed by atoms with Crippen molar-refractivity contribution < 1.29 is 14.3 Å². The van der Waals surface area contributed by atoms with E-state index in [1.807, 2.05) is 18.2 Å². The SMILES string of the molecule is COC(=O)CC1COc2cc(NCc3cccc(-n4c(C)nc5ccc(C)cc54)c3C)ccc21. The van der Waals surface area contributed by atoms with Crippen LogP contribution in [0.2, 0.25) is 0 Å². The Morgan fingerprint density at radius 2 is 2.00 bits per heavy atom. The number of fused-ring (bicyclic) bond motifs is 2. The van der Waals surface area contributed by atoms with Gasteiger partial charge in [0.2, 0.25) is 0 Å². The van der Waals surface area contributed by atoms with Gasteiger partial charge in [0.05, 0.1) is 36.9 Å². The third kappa shape index (κ3) is 4.00. The summed E-state index contributed by atoms with van der Waals surface area (Å²) in [5, 5.41) is 3.54. The Kier molecular flexibility index (Phi) is 5.74. The predicted octanol–water partition coefficient (Wildman–Crippen LogP) is 5.60. The molecule has 0 amide bonds. The normalized spacial score (nSPS) is 14.6. The molecule has 6 nitrogen and oxygen atoms in total. The molecule has 34 heavy (non-hydrogen) atoms. The van der Waals surface area contributed by atoms with E-state index in [0.717, 1.165) is 39.5 Å². The highest BCUT2D eigenvalue weighted by Gasteiger charge is 2.27. The van der Waals surface area contributed by atoms with Crippen molar-refractivity contribution in [3.8, 4) is 11.4 Å². The van der Waals surface area contributed by atoms with E-state index in [2.05, 4.69) is 67.1 Å². The number of benzene rings is 3. The van der Waals surface area contributed by atoms with Gasteiger partial charge in [-0.15, -0.1) is 0 Å². The summed E-state index contributed by atoms with van der Waals surface area (Å²) in [6, 6.07) is 18.9. The molecular formula is C28H29N3O3. The number of anilines is 1. The zero-order valence-electron chi connectivity index (χ0n) is 20.0. The lowest BCUT2D eigenvalue weighted by molar-refractivity contribution is -0.141. The van der Waals surface area contributed by atoms with E-state index in [1.54, 1.807) is 0 Å². The van der Waals surface area contributed by atoms with Gasteiger partial charge in [-0.1, -0.05) is 24.3 Å². The number of aryl methyl sites for hydroxylation is 2. The van der Waals surface area contributed by atoms with E-state index < -0.39 is 0 Å². The molecule has 0 bridgehead atoms. The Balaban J connectivity index is 1.38. The minimum Gasteiger partial charge on any atom is -0.493 e. The van der Waals surface area contributed by atoms with Crippen molar-refractivity contribution in [3.05, 3.63) is 82.7 Å². The molecule has 5 rings (SSSR count). The maximum Gasteiger partial charge on any atom is 0.306 e. The first-order chi connectivity index (χ1) is 16.4. The number of rotatable bonds is 6. The molecule has 0 fully saturated rings. The minimum absolute atomic E-state index is 0.0484. The fourth-order valence-electron chi connectivity index (χ4n) is 4.75. The molecule has 1 aliphatic heterocycles. The second kappa shape index (κ2) is 8.86. The van der Waals surface area contributed by atoms with Crippen molar-refractivity contribution in [2.75, 3.05) is 19.0 Å². The molecule has 1 aliphatic rings. The number of imidazole rings is 1. The van der Waals surface area contributed by atoms with Crippen LogP contribution in [0, 0.1) is 20.8 Å². The van der Waals surface area contributed by atoms with Crippen LogP contribution in [0.4, 0.5) is 5.69 Å². The Morgan fingerprint density at radius 1 is 1.15 bits per heavy atom. The summed E-state index contributed by atoms with van der Waals surface area (Å²) in [5.41, 5.74) is 8.99. The first-order valence-corrected chi connectivity index (χ1v) is 11.6. The minimum atomic E-state index is -0.213. The van der Waals surface area contributed by atoms with Gasteiger partial charge in [0.1, 0.15) is 11.6 Å². The summed E-state index contributed by atoms with van der Waals surface area (Å²) < 4.78 is 12.9. The maximum atomic E-state index is 11.7. The number of hydrogen-bond donors (Lipinski definition) is 1. The van der Waals surface area contributed by atoms with Crippen LogP contribution in [0.3, 0.4) is 0 Å². The van der Waals surface area contributed by atoms with Crippen molar-refractivity contribution in [1.82, 2.24) is 9.55 Å². The van der Waals surface area contributed by atoms with Crippen molar-refractivity contribution in [2.45, 2.75) is 39.7 Å². The van der Waals surface area contributed by atoms with Gasteiger partial charge in [-0.2, -0.15) is 0 Å². The molecule has 174 valence electrons. The first kappa shape index (κ1) is 22.0. The van der Waals surface area contributed by atoms with Crippen LogP contribution >= 0.6 is 0 Å². The van der Waals surface area contributed by atoms with Crippen LogP contribution in [0.15, 0.2) is 54.6 Å². The Labute approximate surface area is 199 Å². The van der Waals surface area contributed by atoms with E-state index in [1.165, 1.54) is 23.8 Å². The highest BCUT2D eigenvalue weighted by atomic mass is 16.5. The second-order valence-electron chi connectivity index (χ2n) is 8.94. The quantitative estimate of drug-likeness (QED) is 0.383. The van der Waals surface area contributed by atoms with Crippen LogP contribution in [0.25, 0.3) is 16.7 Å². The molecule has 3 aromatic carbocycles. The molecule has 0 saturated heterocycles. The molecule has 1 unspecified atom stereocenters. The summed E-state index contributed by atoms with van der Waals surface area (Å²) in [7, 11) is 1.42. The molecule has 2 heterocycles. The molecule has 0 saturated carbocycles.